The first kappa shape index (κ1) is 17.4. The molecule has 1 amide bonds. The minimum atomic E-state index is -0.305. The molecule has 2 aromatic carbocycles. The zero-order valence-corrected chi connectivity index (χ0v) is 14.2. The van der Waals surface area contributed by atoms with Crippen molar-refractivity contribution in [3.8, 4) is 0 Å². The number of halogens is 1. The second-order valence-corrected chi connectivity index (χ2v) is 6.30. The summed E-state index contributed by atoms with van der Waals surface area (Å²) in [5.74, 6) is -0.467. The van der Waals surface area contributed by atoms with Gasteiger partial charge in [0.2, 0.25) is 5.91 Å². The highest BCUT2D eigenvalue weighted by Gasteiger charge is 2.23. The summed E-state index contributed by atoms with van der Waals surface area (Å²) >= 11 is 0. The van der Waals surface area contributed by atoms with Crippen LogP contribution < -0.4 is 5.32 Å². The van der Waals surface area contributed by atoms with E-state index in [0.29, 0.717) is 12.1 Å². The number of hydrogen-bond donors (Lipinski definition) is 1. The molecule has 1 fully saturated rings. The van der Waals surface area contributed by atoms with Crippen LogP contribution in [-0.4, -0.2) is 30.4 Å². The molecule has 1 aliphatic rings. The van der Waals surface area contributed by atoms with Gasteiger partial charge in [-0.1, -0.05) is 42.5 Å². The molecule has 0 radical (unpaired) electrons. The first-order valence-electron chi connectivity index (χ1n) is 8.73. The van der Waals surface area contributed by atoms with Gasteiger partial charge in [0, 0.05) is 12.6 Å². The Morgan fingerprint density at radius 1 is 1.12 bits per heavy atom. The Hall–Kier alpha value is -2.46. The predicted octanol–water partition coefficient (Wildman–Crippen LogP) is 3.79. The van der Waals surface area contributed by atoms with E-state index in [1.54, 1.807) is 18.2 Å². The quantitative estimate of drug-likeness (QED) is 0.813. The maximum Gasteiger partial charge on any atom is 0.244 e. The van der Waals surface area contributed by atoms with Crippen molar-refractivity contribution in [2.75, 3.05) is 19.6 Å². The Morgan fingerprint density at radius 2 is 1.88 bits per heavy atom. The lowest BCUT2D eigenvalue weighted by atomic mass is 10.1. The number of benzene rings is 2. The molecule has 1 N–H and O–H groups in total. The SMILES string of the molecule is O=C(/C=C/c1cccc(F)c1)NCC(c1ccccc1)N1CCCC1. The number of carbonyl (C=O) groups is 1. The highest BCUT2D eigenvalue weighted by molar-refractivity contribution is 5.91. The average Bonchev–Trinajstić information content (AvgIpc) is 3.15. The van der Waals surface area contributed by atoms with Gasteiger partial charge in [-0.05, 0) is 55.3 Å². The van der Waals surface area contributed by atoms with E-state index < -0.39 is 0 Å². The van der Waals surface area contributed by atoms with Crippen molar-refractivity contribution >= 4 is 12.0 Å². The van der Waals surface area contributed by atoms with Crippen LogP contribution in [0.15, 0.2) is 60.7 Å². The molecule has 1 unspecified atom stereocenters. The van der Waals surface area contributed by atoms with Crippen LogP contribution in [0.5, 0.6) is 0 Å². The van der Waals surface area contributed by atoms with Crippen molar-refractivity contribution < 1.29 is 9.18 Å². The predicted molar refractivity (Wildman–Crippen MR) is 98.4 cm³/mol. The summed E-state index contributed by atoms with van der Waals surface area (Å²) in [4.78, 5) is 14.6. The van der Waals surface area contributed by atoms with E-state index in [4.69, 9.17) is 0 Å². The molecule has 3 nitrogen and oxygen atoms in total. The third-order valence-electron chi connectivity index (χ3n) is 4.51. The third kappa shape index (κ3) is 5.00. The highest BCUT2D eigenvalue weighted by Crippen LogP contribution is 2.24. The van der Waals surface area contributed by atoms with Crippen LogP contribution in [0.1, 0.15) is 30.0 Å². The number of rotatable bonds is 6. The fourth-order valence-electron chi connectivity index (χ4n) is 3.22. The van der Waals surface area contributed by atoms with Crippen LogP contribution in [0.25, 0.3) is 6.08 Å². The molecule has 0 spiro atoms. The molecule has 2 aromatic rings. The molecule has 25 heavy (non-hydrogen) atoms. The number of nitrogens with one attached hydrogen (secondary N) is 1. The van der Waals surface area contributed by atoms with Crippen molar-refractivity contribution in [1.82, 2.24) is 10.2 Å². The smallest absolute Gasteiger partial charge is 0.244 e. The zero-order chi connectivity index (χ0) is 17.5. The Labute approximate surface area is 148 Å². The summed E-state index contributed by atoms with van der Waals surface area (Å²) in [5.41, 5.74) is 1.90. The minimum absolute atomic E-state index is 0.163. The molecule has 4 heteroatoms. The molecule has 1 heterocycles. The van der Waals surface area contributed by atoms with Gasteiger partial charge < -0.3 is 5.32 Å². The summed E-state index contributed by atoms with van der Waals surface area (Å²) in [6, 6.07) is 16.7. The maximum atomic E-state index is 13.2. The molecule has 1 saturated heterocycles. The zero-order valence-electron chi connectivity index (χ0n) is 14.2. The van der Waals surface area contributed by atoms with Gasteiger partial charge in [-0.2, -0.15) is 0 Å². The van der Waals surface area contributed by atoms with Gasteiger partial charge in [0.25, 0.3) is 0 Å². The number of nitrogens with zero attached hydrogens (tertiary/aromatic N) is 1. The summed E-state index contributed by atoms with van der Waals surface area (Å²) in [6.07, 6.45) is 5.50. The maximum absolute atomic E-state index is 13.2. The van der Waals surface area contributed by atoms with Crippen molar-refractivity contribution in [2.45, 2.75) is 18.9 Å². The Kier molecular flexibility index (Phi) is 5.96. The fraction of sp³-hybridized carbons (Fsp3) is 0.286. The van der Waals surface area contributed by atoms with Crippen molar-refractivity contribution in [2.24, 2.45) is 0 Å². The van der Waals surface area contributed by atoms with E-state index in [0.717, 1.165) is 13.1 Å². The van der Waals surface area contributed by atoms with E-state index in [2.05, 4.69) is 22.3 Å². The molecule has 0 bridgehead atoms. The lowest BCUT2D eigenvalue weighted by Gasteiger charge is -2.28. The van der Waals surface area contributed by atoms with Gasteiger partial charge in [-0.25, -0.2) is 4.39 Å². The van der Waals surface area contributed by atoms with Gasteiger partial charge in [0.05, 0.1) is 6.04 Å². The average molecular weight is 338 g/mol. The van der Waals surface area contributed by atoms with Crippen LogP contribution in [0, 0.1) is 5.82 Å². The summed E-state index contributed by atoms with van der Waals surface area (Å²) < 4.78 is 13.2. The lowest BCUT2D eigenvalue weighted by Crippen LogP contribution is -2.36. The Morgan fingerprint density at radius 3 is 2.60 bits per heavy atom. The van der Waals surface area contributed by atoms with E-state index in [1.165, 1.54) is 36.6 Å². The molecular formula is C21H23FN2O. The normalized spacial score (nSPS) is 16.2. The molecule has 130 valence electrons. The minimum Gasteiger partial charge on any atom is -0.351 e. The monoisotopic (exact) mass is 338 g/mol. The first-order valence-corrected chi connectivity index (χ1v) is 8.73. The fourth-order valence-corrected chi connectivity index (χ4v) is 3.22. The van der Waals surface area contributed by atoms with Crippen molar-refractivity contribution in [3.63, 3.8) is 0 Å². The molecule has 0 aromatic heterocycles. The van der Waals surface area contributed by atoms with E-state index in [1.807, 2.05) is 18.2 Å². The van der Waals surface area contributed by atoms with E-state index in [9.17, 15) is 9.18 Å². The molecule has 1 aliphatic heterocycles. The van der Waals surface area contributed by atoms with Crippen molar-refractivity contribution in [3.05, 3.63) is 77.6 Å². The Bertz CT molecular complexity index is 724. The van der Waals surface area contributed by atoms with Crippen LogP contribution in [-0.2, 0) is 4.79 Å². The first-order chi connectivity index (χ1) is 12.2. The number of amides is 1. The molecule has 3 rings (SSSR count). The van der Waals surface area contributed by atoms with Gasteiger partial charge in [-0.3, -0.25) is 9.69 Å². The van der Waals surface area contributed by atoms with Crippen LogP contribution in [0.3, 0.4) is 0 Å². The Balaban J connectivity index is 1.61. The van der Waals surface area contributed by atoms with Gasteiger partial charge in [-0.15, -0.1) is 0 Å². The standard InChI is InChI=1S/C21H23FN2O/c22-19-10-6-7-17(15-19)11-12-21(25)23-16-20(24-13-4-5-14-24)18-8-2-1-3-9-18/h1-3,6-12,15,20H,4-5,13-14,16H2,(H,23,25)/b12-11+. The van der Waals surface area contributed by atoms with E-state index >= 15 is 0 Å². The van der Waals surface area contributed by atoms with Gasteiger partial charge in [0.1, 0.15) is 5.82 Å². The van der Waals surface area contributed by atoms with Crippen LogP contribution in [0.4, 0.5) is 4.39 Å². The van der Waals surface area contributed by atoms with E-state index in [-0.39, 0.29) is 17.8 Å². The second-order valence-electron chi connectivity index (χ2n) is 6.30. The number of hydrogen-bond acceptors (Lipinski definition) is 2. The third-order valence-corrected chi connectivity index (χ3v) is 4.51. The topological polar surface area (TPSA) is 32.3 Å². The summed E-state index contributed by atoms with van der Waals surface area (Å²) in [6.45, 7) is 2.69. The number of likely N-dealkylation sites (tertiary alicyclic amines) is 1. The van der Waals surface area contributed by atoms with Gasteiger partial charge >= 0.3 is 0 Å². The number of carbonyl (C=O) groups excluding carboxylic acids is 1. The lowest BCUT2D eigenvalue weighted by molar-refractivity contribution is -0.116. The largest absolute Gasteiger partial charge is 0.351 e. The molecule has 0 saturated carbocycles. The molecule has 0 aliphatic carbocycles. The highest BCUT2D eigenvalue weighted by atomic mass is 19.1. The van der Waals surface area contributed by atoms with Crippen molar-refractivity contribution in [1.29, 1.82) is 0 Å². The van der Waals surface area contributed by atoms with Gasteiger partial charge in [0.15, 0.2) is 0 Å². The summed E-state index contributed by atoms with van der Waals surface area (Å²) in [5, 5.41) is 2.98. The van der Waals surface area contributed by atoms with Crippen LogP contribution in [0.2, 0.25) is 0 Å². The second kappa shape index (κ2) is 8.58. The summed E-state index contributed by atoms with van der Waals surface area (Å²) in [7, 11) is 0. The van der Waals surface area contributed by atoms with Crippen LogP contribution >= 0.6 is 0 Å². The molecule has 1 atom stereocenters. The molecular weight excluding hydrogens is 315 g/mol.